The molecule has 5 aromatic carbocycles. The number of anilines is 3. The molecule has 0 spiro atoms. The molecule has 0 radical (unpaired) electrons. The van der Waals surface area contributed by atoms with Crippen LogP contribution in [0.3, 0.4) is 0 Å². The van der Waals surface area contributed by atoms with Gasteiger partial charge in [0, 0.05) is 33.3 Å². The average molecular weight is 1340 g/mol. The highest BCUT2D eigenvalue weighted by Crippen LogP contribution is 2.61. The Morgan fingerprint density at radius 3 is 1.07 bits per heavy atom. The van der Waals surface area contributed by atoms with Crippen LogP contribution in [0, 0.1) is 6.92 Å². The first-order valence-corrected chi connectivity index (χ1v) is 40.3. The van der Waals surface area contributed by atoms with Crippen molar-refractivity contribution in [2.45, 2.75) is 176 Å². The highest BCUT2D eigenvalue weighted by Gasteiger charge is 2.46. The summed E-state index contributed by atoms with van der Waals surface area (Å²) in [7, 11) is 29.4. The Labute approximate surface area is 564 Å². The molecular formula is C74H132N14P4+4. The van der Waals surface area contributed by atoms with Gasteiger partial charge in [0.25, 0.3) is 7.36 Å². The van der Waals surface area contributed by atoms with Crippen LogP contribution >= 0.6 is 29.7 Å². The lowest BCUT2D eigenvalue weighted by atomic mass is 9.94. The van der Waals surface area contributed by atoms with Crippen LogP contribution in [0.15, 0.2) is 103 Å². The zero-order valence-electron chi connectivity index (χ0n) is 64.3. The first-order chi connectivity index (χ1) is 42.3. The van der Waals surface area contributed by atoms with Gasteiger partial charge in [-0.15, -0.1) is 0 Å². The molecule has 5 rings (SSSR count). The summed E-state index contributed by atoms with van der Waals surface area (Å²) < 4.78 is 42.1. The van der Waals surface area contributed by atoms with Crippen LogP contribution in [0.4, 0.5) is 17.1 Å². The number of hydrogen-bond acceptors (Lipinski definition) is 0. The van der Waals surface area contributed by atoms with E-state index in [9.17, 15) is 0 Å². The SMILES string of the molecule is CCc1ccc(Cc2ccc(Cc3ccc(Cc4ccc(C)c(C(C)P(=[NH+]C(C)(C)C)(N(C)C)N(C)C)c4)c(N(C)P(=[NH+]C(C)(C)Cc4ccccc4)(C(C)C)N(C)C)c3)c(N(C)P(=[NH+]C(C)(C)C)(N(C)C)N(C)C)c2)c(N(C)P(=[NH+]C(C)(C)C)(N(C)C)N(C)C)c1. The third-order valence-electron chi connectivity index (χ3n) is 17.9. The van der Waals surface area contributed by atoms with Crippen LogP contribution in [0.1, 0.15) is 165 Å². The topological polar surface area (TPSA) is 88.3 Å². The van der Waals surface area contributed by atoms with Gasteiger partial charge >= 0.3 is 15.0 Å². The molecule has 0 aliphatic rings. The Hall–Kier alpha value is -3.86. The van der Waals surface area contributed by atoms with E-state index in [1.165, 1.54) is 72.7 Å². The van der Waals surface area contributed by atoms with E-state index in [0.29, 0.717) is 0 Å². The fraction of sp³-hybridized carbons (Fsp3) is 0.595. The summed E-state index contributed by atoms with van der Waals surface area (Å²) in [6.45, 7) is 37.3. The summed E-state index contributed by atoms with van der Waals surface area (Å²) >= 11 is 0. The Bertz CT molecular complexity index is 3470. The molecule has 4 N–H and O–H groups in total. The molecule has 0 aliphatic heterocycles. The minimum Gasteiger partial charge on any atom is -0.296 e. The van der Waals surface area contributed by atoms with Crippen molar-refractivity contribution in [1.82, 2.24) is 32.7 Å². The van der Waals surface area contributed by atoms with E-state index < -0.39 is 29.7 Å². The van der Waals surface area contributed by atoms with Crippen molar-refractivity contribution in [1.29, 1.82) is 0 Å². The summed E-state index contributed by atoms with van der Waals surface area (Å²) in [5.74, 6) is 0. The quantitative estimate of drug-likeness (QED) is 0.0402. The van der Waals surface area contributed by atoms with Gasteiger partial charge in [0.1, 0.15) is 5.54 Å². The fourth-order valence-electron chi connectivity index (χ4n) is 14.2. The highest BCUT2D eigenvalue weighted by atomic mass is 31.2. The monoisotopic (exact) mass is 1340 g/mol. The van der Waals surface area contributed by atoms with E-state index in [1.807, 2.05) is 0 Å². The molecule has 92 heavy (non-hydrogen) atoms. The second-order valence-corrected chi connectivity index (χ2v) is 46.4. The van der Waals surface area contributed by atoms with Crippen molar-refractivity contribution in [3.8, 4) is 0 Å². The molecule has 2 atom stereocenters. The van der Waals surface area contributed by atoms with Crippen molar-refractivity contribution >= 4 is 46.8 Å². The maximum absolute atomic E-state index is 4.47. The summed E-state index contributed by atoms with van der Waals surface area (Å²) in [4.78, 5) is 0. The predicted octanol–water partition coefficient (Wildman–Crippen LogP) is 11.7. The van der Waals surface area contributed by atoms with E-state index >= 15 is 0 Å². The van der Waals surface area contributed by atoms with E-state index in [4.69, 9.17) is 0 Å². The second kappa shape index (κ2) is 30.7. The molecule has 2 unspecified atom stereocenters. The van der Waals surface area contributed by atoms with Crippen molar-refractivity contribution in [3.63, 3.8) is 0 Å². The second-order valence-electron chi connectivity index (χ2n) is 31.4. The number of rotatable bonds is 26. The van der Waals surface area contributed by atoms with Crippen LogP contribution in [-0.4, -0.2) is 180 Å². The van der Waals surface area contributed by atoms with Gasteiger partial charge in [-0.3, -0.25) is 14.0 Å². The smallest absolute Gasteiger partial charge is 0.296 e. The number of benzene rings is 5. The predicted molar refractivity (Wildman–Crippen MR) is 408 cm³/mol. The van der Waals surface area contributed by atoms with E-state index in [2.05, 4.69) is 399 Å². The van der Waals surface area contributed by atoms with Crippen LogP contribution in [0.2, 0.25) is 0 Å². The molecule has 18 heteroatoms. The van der Waals surface area contributed by atoms with Crippen LogP contribution in [-0.2, 0) is 32.1 Å². The molecule has 0 saturated heterocycles. The summed E-state index contributed by atoms with van der Waals surface area (Å²) in [5.41, 5.74) is 16.8. The highest BCUT2D eigenvalue weighted by molar-refractivity contribution is 7.63. The zero-order valence-corrected chi connectivity index (χ0v) is 67.8. The minimum atomic E-state index is -2.42. The van der Waals surface area contributed by atoms with Gasteiger partial charge in [-0.2, -0.15) is 0 Å². The molecule has 0 bridgehead atoms. The summed E-state index contributed by atoms with van der Waals surface area (Å²) in [6.07, 6.45) is 4.16. The lowest BCUT2D eigenvalue weighted by Crippen LogP contribution is -2.84. The molecule has 14 nitrogen and oxygen atoms in total. The molecule has 0 aliphatic carbocycles. The number of nitrogens with one attached hydrogen (secondary N) is 4. The molecule has 0 fully saturated rings. The van der Waals surface area contributed by atoms with E-state index in [-0.39, 0.29) is 33.5 Å². The number of nitrogens with zero attached hydrogens (tertiary/aromatic N) is 10. The van der Waals surface area contributed by atoms with Crippen LogP contribution < -0.4 is 33.0 Å². The standard InChI is InChI=1S/C74H128N14P4/c1-34-59-42-45-65(69(52-59)87(32)91(82(23)24,83(25)26)76-72(9,10)11)50-63-44-47-66(70(54-63)88(33)92(84(27)28,85(29)30)77-73(12,13)14)49-62-43-46-64(48-61-41-40-57(4)67(51-61)58(5)90(80(19)20,81(21)22)75-71(6,7)8)68(53-62)86(31)89(56(2)3,79(17)18)78-74(15,16)55-60-38-36-35-37-39-60/h35-47,51-54,56,58H,34,48-50,55H2,1-33H3/p+4. The Morgan fingerprint density at radius 1 is 0.370 bits per heavy atom. The Kier molecular flexibility index (Phi) is 26.3. The van der Waals surface area contributed by atoms with Gasteiger partial charge in [0.05, 0.1) is 22.7 Å². The number of hydrogen-bond donors (Lipinski definition) is 4. The van der Waals surface area contributed by atoms with Gasteiger partial charge in [-0.25, -0.2) is 51.7 Å². The molecule has 5 aromatic rings. The van der Waals surface area contributed by atoms with Crippen molar-refractivity contribution < 1.29 is 19.0 Å². The van der Waals surface area contributed by atoms with Gasteiger partial charge in [-0.05, 0) is 288 Å². The lowest BCUT2D eigenvalue weighted by Gasteiger charge is -2.41. The zero-order chi connectivity index (χ0) is 69.8. The van der Waals surface area contributed by atoms with Crippen LogP contribution in [0.5, 0.6) is 0 Å². The third-order valence-corrected chi connectivity index (χ3v) is 36.0. The van der Waals surface area contributed by atoms with Crippen molar-refractivity contribution in [3.05, 3.63) is 159 Å². The summed E-state index contributed by atoms with van der Waals surface area (Å²) in [6, 6.07) is 40.3. The molecular weight excluding hydrogens is 1210 g/mol. The summed E-state index contributed by atoms with van der Waals surface area (Å²) in [5, 5.41) is 0. The molecule has 514 valence electrons. The lowest BCUT2D eigenvalue weighted by molar-refractivity contribution is -0.528. The van der Waals surface area contributed by atoms with E-state index in [1.54, 1.807) is 0 Å². The minimum absolute atomic E-state index is 0.0875. The Morgan fingerprint density at radius 2 is 0.717 bits per heavy atom. The Balaban J connectivity index is 1.88. The molecule has 0 aromatic heterocycles. The van der Waals surface area contributed by atoms with Crippen molar-refractivity contribution in [2.24, 2.45) is 0 Å². The maximum atomic E-state index is 4.47. The van der Waals surface area contributed by atoms with Crippen LogP contribution in [0.25, 0.3) is 0 Å². The van der Waals surface area contributed by atoms with Gasteiger partial charge < -0.3 is 0 Å². The van der Waals surface area contributed by atoms with Gasteiger partial charge in [0.15, 0.2) is 16.6 Å². The molecule has 0 amide bonds. The average Bonchev–Trinajstić information content (AvgIpc) is 0.779. The third kappa shape index (κ3) is 17.8. The first kappa shape index (κ1) is 78.8. The number of aryl methyl sites for hydroxylation is 2. The van der Waals surface area contributed by atoms with Gasteiger partial charge in [0.2, 0.25) is 7.36 Å². The molecule has 0 heterocycles. The van der Waals surface area contributed by atoms with E-state index in [0.717, 1.165) is 32.1 Å². The van der Waals surface area contributed by atoms with Crippen molar-refractivity contribution in [2.75, 3.05) is 134 Å². The fourth-order valence-corrected chi connectivity index (χ4v) is 30.3. The maximum Gasteiger partial charge on any atom is 0.335 e. The molecule has 0 saturated carbocycles. The first-order valence-electron chi connectivity index (χ1n) is 33.5. The van der Waals surface area contributed by atoms with Gasteiger partial charge in [-0.1, -0.05) is 106 Å². The largest absolute Gasteiger partial charge is 0.335 e. The normalized spacial score (nSPS) is 14.3.